The third-order valence-corrected chi connectivity index (χ3v) is 3.57. The molecule has 2 rings (SSSR count). The van der Waals surface area contributed by atoms with Crippen LogP contribution in [-0.4, -0.2) is 11.9 Å². The standard InChI is InChI=1S/C15H22N2O.BrH/c18-15(16-14-8-2-3-9-14)10-4-7-13-17-11-5-1-6-12-17;/h1,5-6,11-12,14H,2-4,7-10,13H2;1H. The third-order valence-electron chi connectivity index (χ3n) is 3.57. The number of rotatable bonds is 6. The highest BCUT2D eigenvalue weighted by atomic mass is 79.9. The molecule has 1 N–H and O–H groups in total. The summed E-state index contributed by atoms with van der Waals surface area (Å²) < 4.78 is 2.16. The zero-order valence-corrected chi connectivity index (χ0v) is 12.9. The smallest absolute Gasteiger partial charge is 0.220 e. The van der Waals surface area contributed by atoms with Crippen LogP contribution < -0.4 is 26.9 Å². The number of carbonyl (C=O) groups is 1. The van der Waals surface area contributed by atoms with Crippen molar-refractivity contribution in [3.8, 4) is 0 Å². The first-order valence-electron chi connectivity index (χ1n) is 7.08. The maximum absolute atomic E-state index is 11.7. The van der Waals surface area contributed by atoms with Crippen LogP contribution in [0.4, 0.5) is 0 Å². The molecule has 1 fully saturated rings. The van der Waals surface area contributed by atoms with Gasteiger partial charge in [0.15, 0.2) is 12.4 Å². The molecule has 106 valence electrons. The lowest BCUT2D eigenvalue weighted by Crippen LogP contribution is -3.00. The monoisotopic (exact) mass is 326 g/mol. The van der Waals surface area contributed by atoms with Gasteiger partial charge in [-0.2, -0.15) is 0 Å². The summed E-state index contributed by atoms with van der Waals surface area (Å²) in [5, 5.41) is 3.13. The summed E-state index contributed by atoms with van der Waals surface area (Å²) in [6, 6.07) is 6.55. The first kappa shape index (κ1) is 16.2. The first-order chi connectivity index (χ1) is 8.84. The SMILES string of the molecule is O=C(CCCC[n+]1ccccc1)NC1CCCC1.[Br-]. The van der Waals surface area contributed by atoms with Crippen LogP contribution in [0.1, 0.15) is 44.9 Å². The van der Waals surface area contributed by atoms with E-state index in [-0.39, 0.29) is 22.9 Å². The normalized spacial score (nSPS) is 14.9. The highest BCUT2D eigenvalue weighted by Crippen LogP contribution is 2.17. The molecule has 0 saturated heterocycles. The molecule has 0 unspecified atom stereocenters. The van der Waals surface area contributed by atoms with Gasteiger partial charge in [-0.15, -0.1) is 0 Å². The number of pyridine rings is 1. The summed E-state index contributed by atoms with van der Waals surface area (Å²) in [5.41, 5.74) is 0. The Morgan fingerprint density at radius 3 is 2.47 bits per heavy atom. The molecule has 0 spiro atoms. The van der Waals surface area contributed by atoms with E-state index in [4.69, 9.17) is 0 Å². The van der Waals surface area contributed by atoms with Crippen molar-refractivity contribution in [1.29, 1.82) is 0 Å². The van der Waals surface area contributed by atoms with E-state index < -0.39 is 0 Å². The number of aryl methyl sites for hydroxylation is 1. The molecule has 0 bridgehead atoms. The van der Waals surface area contributed by atoms with Crippen LogP contribution in [0.2, 0.25) is 0 Å². The van der Waals surface area contributed by atoms with Gasteiger partial charge in [0, 0.05) is 31.0 Å². The van der Waals surface area contributed by atoms with E-state index in [1.165, 1.54) is 25.7 Å². The summed E-state index contributed by atoms with van der Waals surface area (Å²) in [7, 11) is 0. The maximum Gasteiger partial charge on any atom is 0.220 e. The third kappa shape index (κ3) is 6.19. The number of aromatic nitrogens is 1. The molecule has 0 aromatic carbocycles. The van der Waals surface area contributed by atoms with Gasteiger partial charge in [0.1, 0.15) is 6.54 Å². The minimum absolute atomic E-state index is 0. The second kappa shape index (κ2) is 9.08. The van der Waals surface area contributed by atoms with Crippen molar-refractivity contribution in [3.05, 3.63) is 30.6 Å². The van der Waals surface area contributed by atoms with Crippen molar-refractivity contribution in [1.82, 2.24) is 5.32 Å². The van der Waals surface area contributed by atoms with Crippen LogP contribution in [0.15, 0.2) is 30.6 Å². The maximum atomic E-state index is 11.7. The number of carbonyl (C=O) groups excluding carboxylic acids is 1. The van der Waals surface area contributed by atoms with E-state index in [1.807, 2.05) is 18.2 Å². The van der Waals surface area contributed by atoms with Crippen LogP contribution in [0, 0.1) is 0 Å². The molecule has 1 amide bonds. The molecule has 0 radical (unpaired) electrons. The molecule has 0 aliphatic heterocycles. The Labute approximate surface area is 126 Å². The number of hydrogen-bond donors (Lipinski definition) is 1. The lowest BCUT2D eigenvalue weighted by atomic mass is 10.2. The predicted molar refractivity (Wildman–Crippen MR) is 70.9 cm³/mol. The largest absolute Gasteiger partial charge is 1.00 e. The molecule has 1 aromatic rings. The Bertz CT molecular complexity index is 364. The Morgan fingerprint density at radius 1 is 1.11 bits per heavy atom. The molecule has 1 aliphatic rings. The van der Waals surface area contributed by atoms with Crippen molar-refractivity contribution in [3.63, 3.8) is 0 Å². The van der Waals surface area contributed by atoms with Gasteiger partial charge in [0.05, 0.1) is 0 Å². The van der Waals surface area contributed by atoms with Crippen molar-refractivity contribution in [2.45, 2.75) is 57.5 Å². The zero-order valence-electron chi connectivity index (χ0n) is 11.4. The predicted octanol–water partition coefficient (Wildman–Crippen LogP) is -0.793. The molecule has 3 nitrogen and oxygen atoms in total. The minimum Gasteiger partial charge on any atom is -1.00 e. The summed E-state index contributed by atoms with van der Waals surface area (Å²) in [4.78, 5) is 11.7. The topological polar surface area (TPSA) is 33.0 Å². The molecule has 1 saturated carbocycles. The summed E-state index contributed by atoms with van der Waals surface area (Å²) in [5.74, 6) is 0.236. The lowest BCUT2D eigenvalue weighted by Gasteiger charge is -2.11. The van der Waals surface area contributed by atoms with Gasteiger partial charge in [-0.3, -0.25) is 4.79 Å². The highest BCUT2D eigenvalue weighted by Gasteiger charge is 2.16. The van der Waals surface area contributed by atoms with E-state index in [0.29, 0.717) is 12.5 Å². The number of nitrogens with zero attached hydrogens (tertiary/aromatic N) is 1. The summed E-state index contributed by atoms with van der Waals surface area (Å²) in [6.07, 6.45) is 11.7. The van der Waals surface area contributed by atoms with E-state index in [1.54, 1.807) is 0 Å². The second-order valence-electron chi connectivity index (χ2n) is 5.12. The summed E-state index contributed by atoms with van der Waals surface area (Å²) >= 11 is 0. The number of halogens is 1. The fourth-order valence-corrected chi connectivity index (χ4v) is 2.53. The lowest BCUT2D eigenvalue weighted by molar-refractivity contribution is -0.697. The van der Waals surface area contributed by atoms with E-state index in [9.17, 15) is 4.79 Å². The molecular weight excluding hydrogens is 304 g/mol. The van der Waals surface area contributed by atoms with Gasteiger partial charge in [0.25, 0.3) is 0 Å². The van der Waals surface area contributed by atoms with Gasteiger partial charge in [-0.25, -0.2) is 4.57 Å². The zero-order chi connectivity index (χ0) is 12.6. The van der Waals surface area contributed by atoms with Crippen LogP contribution >= 0.6 is 0 Å². The van der Waals surface area contributed by atoms with Crippen molar-refractivity contribution < 1.29 is 26.3 Å². The molecule has 1 heterocycles. The van der Waals surface area contributed by atoms with Crippen LogP contribution in [0.25, 0.3) is 0 Å². The van der Waals surface area contributed by atoms with E-state index >= 15 is 0 Å². The van der Waals surface area contributed by atoms with Crippen LogP contribution in [0.5, 0.6) is 0 Å². The van der Waals surface area contributed by atoms with Crippen molar-refractivity contribution in [2.75, 3.05) is 0 Å². The fraction of sp³-hybridized carbons (Fsp3) is 0.600. The van der Waals surface area contributed by atoms with Crippen molar-refractivity contribution >= 4 is 5.91 Å². The highest BCUT2D eigenvalue weighted by molar-refractivity contribution is 5.76. The Hall–Kier alpha value is -0.900. The minimum atomic E-state index is 0. The summed E-state index contributed by atoms with van der Waals surface area (Å²) in [6.45, 7) is 0.998. The van der Waals surface area contributed by atoms with E-state index in [0.717, 1.165) is 19.4 Å². The fourth-order valence-electron chi connectivity index (χ4n) is 2.53. The Kier molecular flexibility index (Phi) is 7.72. The average molecular weight is 327 g/mol. The van der Waals surface area contributed by atoms with Gasteiger partial charge in [-0.05, 0) is 19.3 Å². The number of amides is 1. The van der Waals surface area contributed by atoms with Gasteiger partial charge >= 0.3 is 0 Å². The number of hydrogen-bond acceptors (Lipinski definition) is 1. The van der Waals surface area contributed by atoms with Crippen LogP contribution in [0.3, 0.4) is 0 Å². The van der Waals surface area contributed by atoms with Gasteiger partial charge < -0.3 is 22.3 Å². The quantitative estimate of drug-likeness (QED) is 0.539. The number of nitrogens with one attached hydrogen (secondary N) is 1. The van der Waals surface area contributed by atoms with Crippen LogP contribution in [-0.2, 0) is 11.3 Å². The molecular formula is C15H23BrN2O. The van der Waals surface area contributed by atoms with Gasteiger partial charge in [0.2, 0.25) is 5.91 Å². The Morgan fingerprint density at radius 2 is 1.79 bits per heavy atom. The Balaban J connectivity index is 0.00000180. The molecule has 1 aromatic heterocycles. The second-order valence-corrected chi connectivity index (χ2v) is 5.12. The van der Waals surface area contributed by atoms with Gasteiger partial charge in [-0.1, -0.05) is 18.9 Å². The van der Waals surface area contributed by atoms with Crippen molar-refractivity contribution in [2.24, 2.45) is 0 Å². The molecule has 4 heteroatoms. The first-order valence-corrected chi connectivity index (χ1v) is 7.08. The average Bonchev–Trinajstić information content (AvgIpc) is 2.89. The number of unbranched alkanes of at least 4 members (excludes halogenated alkanes) is 1. The molecule has 19 heavy (non-hydrogen) atoms. The molecule has 1 aliphatic carbocycles. The molecule has 0 atom stereocenters. The van der Waals surface area contributed by atoms with E-state index in [2.05, 4.69) is 22.3 Å².